The Balaban J connectivity index is 1.76. The fourth-order valence-electron chi connectivity index (χ4n) is 2.45. The third-order valence-corrected chi connectivity index (χ3v) is 4.76. The number of nitrogens with one attached hydrogen (secondary N) is 1. The molecular weight excluding hydrogens is 286 g/mol. The van der Waals surface area contributed by atoms with Crippen LogP contribution in [-0.2, 0) is 14.3 Å². The zero-order chi connectivity index (χ0) is 14.8. The lowest BCUT2D eigenvalue weighted by molar-refractivity contribution is -0.143. The molecule has 4 nitrogen and oxygen atoms in total. The van der Waals surface area contributed by atoms with E-state index in [4.69, 9.17) is 0 Å². The molecule has 1 aliphatic rings. The summed E-state index contributed by atoms with van der Waals surface area (Å²) in [6.45, 7) is 0. The number of fused-ring (bicyclic) bond motifs is 1. The van der Waals surface area contributed by atoms with Gasteiger partial charge in [-0.15, -0.1) is 11.8 Å². The first-order chi connectivity index (χ1) is 10.2. The highest BCUT2D eigenvalue weighted by molar-refractivity contribution is 8.00. The topological polar surface area (TPSA) is 55.4 Å². The van der Waals surface area contributed by atoms with Gasteiger partial charge >= 0.3 is 5.97 Å². The average Bonchev–Trinajstić information content (AvgIpc) is 2.87. The minimum Gasteiger partial charge on any atom is -0.467 e. The van der Waals surface area contributed by atoms with E-state index in [1.807, 2.05) is 30.3 Å². The van der Waals surface area contributed by atoms with Gasteiger partial charge in [0.15, 0.2) is 0 Å². The summed E-state index contributed by atoms with van der Waals surface area (Å²) in [5, 5.41) is 4.74. The number of rotatable bonds is 3. The van der Waals surface area contributed by atoms with Crippen LogP contribution < -0.4 is 5.32 Å². The van der Waals surface area contributed by atoms with Gasteiger partial charge < -0.3 is 10.1 Å². The molecule has 0 radical (unpaired) electrons. The Bertz CT molecular complexity index is 701. The van der Waals surface area contributed by atoms with Gasteiger partial charge in [-0.05, 0) is 29.3 Å². The quantitative estimate of drug-likeness (QED) is 0.884. The molecule has 0 spiro atoms. The Hall–Kier alpha value is -2.01. The molecule has 0 aliphatic carbocycles. The van der Waals surface area contributed by atoms with Crippen LogP contribution >= 0.6 is 11.8 Å². The van der Waals surface area contributed by atoms with Gasteiger partial charge in [0.25, 0.3) is 0 Å². The first-order valence-corrected chi connectivity index (χ1v) is 7.59. The SMILES string of the molecule is COC(=O)C1CC(Sc2ccc3ccccc3c2)C(=O)N1. The van der Waals surface area contributed by atoms with Crippen LogP contribution in [0.15, 0.2) is 47.4 Å². The Morgan fingerprint density at radius 3 is 2.76 bits per heavy atom. The molecule has 0 aromatic heterocycles. The number of carbonyl (C=O) groups is 2. The molecule has 1 aliphatic heterocycles. The third kappa shape index (κ3) is 2.88. The fourth-order valence-corrected chi connectivity index (χ4v) is 3.58. The number of ether oxygens (including phenoxy) is 1. The zero-order valence-corrected chi connectivity index (χ0v) is 12.4. The minimum atomic E-state index is -0.527. The van der Waals surface area contributed by atoms with E-state index >= 15 is 0 Å². The van der Waals surface area contributed by atoms with Crippen LogP contribution in [0.3, 0.4) is 0 Å². The molecule has 0 saturated carbocycles. The first kappa shape index (κ1) is 13.9. The third-order valence-electron chi connectivity index (χ3n) is 3.54. The standard InChI is InChI=1S/C16H15NO3S/c1-20-16(19)13-9-14(15(18)17-13)21-12-7-6-10-4-2-3-5-11(10)8-12/h2-8,13-14H,9H2,1H3,(H,17,18). The molecule has 3 rings (SSSR count). The van der Waals surface area contributed by atoms with E-state index in [0.29, 0.717) is 6.42 Å². The summed E-state index contributed by atoms with van der Waals surface area (Å²) in [6.07, 6.45) is 0.461. The van der Waals surface area contributed by atoms with E-state index in [-0.39, 0.29) is 17.1 Å². The van der Waals surface area contributed by atoms with Gasteiger partial charge in [0.2, 0.25) is 5.91 Å². The fraction of sp³-hybridized carbons (Fsp3) is 0.250. The van der Waals surface area contributed by atoms with E-state index in [1.54, 1.807) is 0 Å². The molecule has 21 heavy (non-hydrogen) atoms. The van der Waals surface area contributed by atoms with Crippen LogP contribution in [-0.4, -0.2) is 30.3 Å². The number of hydrogen-bond donors (Lipinski definition) is 1. The molecule has 1 N–H and O–H groups in total. The number of amides is 1. The monoisotopic (exact) mass is 301 g/mol. The van der Waals surface area contributed by atoms with Crippen LogP contribution in [0.1, 0.15) is 6.42 Å². The summed E-state index contributed by atoms with van der Waals surface area (Å²) < 4.78 is 4.68. The van der Waals surface area contributed by atoms with Crippen molar-refractivity contribution >= 4 is 34.4 Å². The molecule has 108 valence electrons. The normalized spacial score (nSPS) is 21.3. The smallest absolute Gasteiger partial charge is 0.328 e. The molecule has 1 saturated heterocycles. The lowest BCUT2D eigenvalue weighted by Gasteiger charge is -2.08. The van der Waals surface area contributed by atoms with E-state index in [0.717, 1.165) is 10.3 Å². The lowest BCUT2D eigenvalue weighted by atomic mass is 10.1. The van der Waals surface area contributed by atoms with E-state index in [1.165, 1.54) is 24.3 Å². The van der Waals surface area contributed by atoms with Gasteiger partial charge in [-0.25, -0.2) is 4.79 Å². The van der Waals surface area contributed by atoms with Crippen molar-refractivity contribution in [1.29, 1.82) is 0 Å². The molecule has 0 bridgehead atoms. The molecule has 1 amide bonds. The predicted octanol–water partition coefficient (Wildman–Crippen LogP) is 2.36. The van der Waals surface area contributed by atoms with Gasteiger partial charge in [-0.3, -0.25) is 4.79 Å². The molecule has 5 heteroatoms. The Morgan fingerprint density at radius 1 is 1.24 bits per heavy atom. The van der Waals surface area contributed by atoms with E-state index in [9.17, 15) is 9.59 Å². The Kier molecular flexibility index (Phi) is 3.84. The van der Waals surface area contributed by atoms with Crippen molar-refractivity contribution in [3.8, 4) is 0 Å². The number of thioether (sulfide) groups is 1. The van der Waals surface area contributed by atoms with Gasteiger partial charge in [0.1, 0.15) is 6.04 Å². The maximum Gasteiger partial charge on any atom is 0.328 e. The molecule has 1 heterocycles. The lowest BCUT2D eigenvalue weighted by Crippen LogP contribution is -2.34. The van der Waals surface area contributed by atoms with Crippen molar-refractivity contribution in [3.05, 3.63) is 42.5 Å². The van der Waals surface area contributed by atoms with Crippen molar-refractivity contribution in [2.24, 2.45) is 0 Å². The second kappa shape index (κ2) is 5.77. The second-order valence-electron chi connectivity index (χ2n) is 4.94. The van der Waals surface area contributed by atoms with Gasteiger partial charge in [0.05, 0.1) is 12.4 Å². The number of hydrogen-bond acceptors (Lipinski definition) is 4. The Morgan fingerprint density at radius 2 is 2.00 bits per heavy atom. The van der Waals surface area contributed by atoms with Crippen LogP contribution in [0.25, 0.3) is 10.8 Å². The molecule has 1 fully saturated rings. The van der Waals surface area contributed by atoms with E-state index in [2.05, 4.69) is 22.2 Å². The van der Waals surface area contributed by atoms with Crippen molar-refractivity contribution < 1.29 is 14.3 Å². The van der Waals surface area contributed by atoms with Gasteiger partial charge in [0, 0.05) is 4.90 Å². The summed E-state index contributed by atoms with van der Waals surface area (Å²) >= 11 is 1.49. The predicted molar refractivity (Wildman–Crippen MR) is 82.2 cm³/mol. The highest BCUT2D eigenvalue weighted by atomic mass is 32.2. The summed E-state index contributed by atoms with van der Waals surface area (Å²) in [5.41, 5.74) is 0. The number of benzene rings is 2. The number of esters is 1. The van der Waals surface area contributed by atoms with Crippen LogP contribution in [0.2, 0.25) is 0 Å². The van der Waals surface area contributed by atoms with Crippen molar-refractivity contribution in [3.63, 3.8) is 0 Å². The van der Waals surface area contributed by atoms with Crippen LogP contribution in [0.5, 0.6) is 0 Å². The average molecular weight is 301 g/mol. The maximum atomic E-state index is 11.9. The van der Waals surface area contributed by atoms with Gasteiger partial charge in [-0.1, -0.05) is 30.3 Å². The van der Waals surface area contributed by atoms with Crippen LogP contribution in [0.4, 0.5) is 0 Å². The second-order valence-corrected chi connectivity index (χ2v) is 6.21. The largest absolute Gasteiger partial charge is 0.467 e. The molecule has 2 aromatic carbocycles. The number of methoxy groups -OCH3 is 1. The highest BCUT2D eigenvalue weighted by Crippen LogP contribution is 2.31. The molecule has 2 atom stereocenters. The van der Waals surface area contributed by atoms with Crippen molar-refractivity contribution in [2.75, 3.05) is 7.11 Å². The molecule has 2 unspecified atom stereocenters. The maximum absolute atomic E-state index is 11.9. The zero-order valence-electron chi connectivity index (χ0n) is 11.5. The number of carbonyl (C=O) groups excluding carboxylic acids is 2. The van der Waals surface area contributed by atoms with E-state index < -0.39 is 6.04 Å². The first-order valence-electron chi connectivity index (χ1n) is 6.71. The summed E-state index contributed by atoms with van der Waals surface area (Å²) in [4.78, 5) is 24.4. The molecule has 2 aromatic rings. The highest BCUT2D eigenvalue weighted by Gasteiger charge is 2.37. The summed E-state index contributed by atoms with van der Waals surface area (Å²) in [6, 6.07) is 13.7. The van der Waals surface area contributed by atoms with Crippen molar-refractivity contribution in [2.45, 2.75) is 22.6 Å². The van der Waals surface area contributed by atoms with Crippen molar-refractivity contribution in [1.82, 2.24) is 5.32 Å². The summed E-state index contributed by atoms with van der Waals surface area (Å²) in [5.74, 6) is -0.492. The van der Waals surface area contributed by atoms with Crippen LogP contribution in [0, 0.1) is 0 Å². The van der Waals surface area contributed by atoms with Gasteiger partial charge in [-0.2, -0.15) is 0 Å². The molecular formula is C16H15NO3S. The minimum absolute atomic E-state index is 0.108. The Labute approximate surface area is 126 Å². The summed E-state index contributed by atoms with van der Waals surface area (Å²) in [7, 11) is 1.33.